The molecular formula is C19H20. The fraction of sp³-hybridized carbons (Fsp3) is 0.263. The zero-order valence-electron chi connectivity index (χ0n) is 12.1. The van der Waals surface area contributed by atoms with E-state index in [-0.39, 0.29) is 0 Å². The van der Waals surface area contributed by atoms with Gasteiger partial charge >= 0.3 is 0 Å². The lowest BCUT2D eigenvalue weighted by atomic mass is 9.90. The van der Waals surface area contributed by atoms with Crippen molar-refractivity contribution in [3.8, 4) is 0 Å². The van der Waals surface area contributed by atoms with E-state index in [4.69, 9.17) is 0 Å². The summed E-state index contributed by atoms with van der Waals surface area (Å²) in [4.78, 5) is 0. The van der Waals surface area contributed by atoms with Gasteiger partial charge in [0.25, 0.3) is 0 Å². The van der Waals surface area contributed by atoms with Gasteiger partial charge in [-0.25, -0.2) is 0 Å². The molecule has 0 amide bonds. The molecule has 96 valence electrons. The molecule has 3 aromatic rings. The van der Waals surface area contributed by atoms with E-state index in [0.29, 0.717) is 5.92 Å². The normalized spacial score (nSPS) is 11.6. The second kappa shape index (κ2) is 4.38. The molecule has 0 aliphatic rings. The molecule has 0 saturated carbocycles. The highest BCUT2D eigenvalue weighted by Gasteiger charge is 2.09. The minimum Gasteiger partial charge on any atom is -0.0616 e. The molecular weight excluding hydrogens is 228 g/mol. The first-order valence-electron chi connectivity index (χ1n) is 7.01. The van der Waals surface area contributed by atoms with Crippen LogP contribution in [0.1, 0.15) is 36.5 Å². The molecule has 0 bridgehead atoms. The summed E-state index contributed by atoms with van der Waals surface area (Å²) >= 11 is 0. The fourth-order valence-electron chi connectivity index (χ4n) is 2.99. The average Bonchev–Trinajstić information content (AvgIpc) is 2.44. The molecule has 19 heavy (non-hydrogen) atoms. The van der Waals surface area contributed by atoms with E-state index in [9.17, 15) is 0 Å². The maximum absolute atomic E-state index is 2.37. The number of rotatable bonds is 1. The molecule has 0 saturated heterocycles. The SMILES string of the molecule is Cc1c2ccccc2c(C)c2cc(C(C)C)ccc12. The lowest BCUT2D eigenvalue weighted by Gasteiger charge is -2.14. The summed E-state index contributed by atoms with van der Waals surface area (Å²) in [6.45, 7) is 8.99. The summed E-state index contributed by atoms with van der Waals surface area (Å²) in [7, 11) is 0. The van der Waals surface area contributed by atoms with E-state index >= 15 is 0 Å². The molecule has 0 radical (unpaired) electrons. The minimum absolute atomic E-state index is 0.579. The van der Waals surface area contributed by atoms with Gasteiger partial charge in [-0.3, -0.25) is 0 Å². The second-order valence-corrected chi connectivity index (χ2v) is 5.76. The molecule has 0 aromatic heterocycles. The highest BCUT2D eigenvalue weighted by molar-refractivity contribution is 6.05. The zero-order chi connectivity index (χ0) is 13.6. The van der Waals surface area contributed by atoms with E-state index in [0.717, 1.165) is 0 Å². The van der Waals surface area contributed by atoms with Gasteiger partial charge in [0.2, 0.25) is 0 Å². The number of benzene rings is 3. The van der Waals surface area contributed by atoms with Crippen molar-refractivity contribution in [3.63, 3.8) is 0 Å². The average molecular weight is 248 g/mol. The predicted molar refractivity (Wildman–Crippen MR) is 85.0 cm³/mol. The zero-order valence-corrected chi connectivity index (χ0v) is 12.1. The van der Waals surface area contributed by atoms with Crippen LogP contribution >= 0.6 is 0 Å². The Morgan fingerprint density at radius 2 is 1.21 bits per heavy atom. The summed E-state index contributed by atoms with van der Waals surface area (Å²) in [5.74, 6) is 0.579. The Bertz CT molecular complexity index is 764. The van der Waals surface area contributed by atoms with Crippen molar-refractivity contribution in [1.82, 2.24) is 0 Å². The van der Waals surface area contributed by atoms with Gasteiger partial charge in [-0.1, -0.05) is 56.3 Å². The Kier molecular flexibility index (Phi) is 2.82. The Morgan fingerprint density at radius 3 is 1.79 bits per heavy atom. The maximum Gasteiger partial charge on any atom is -0.0143 e. The van der Waals surface area contributed by atoms with Crippen LogP contribution in [0.4, 0.5) is 0 Å². The summed E-state index contributed by atoms with van der Waals surface area (Å²) in [6.07, 6.45) is 0. The number of hydrogen-bond donors (Lipinski definition) is 0. The Balaban J connectivity index is 2.49. The van der Waals surface area contributed by atoms with E-state index in [1.54, 1.807) is 0 Å². The van der Waals surface area contributed by atoms with Crippen LogP contribution in [0.3, 0.4) is 0 Å². The first-order chi connectivity index (χ1) is 9.09. The third-order valence-electron chi connectivity index (χ3n) is 4.25. The highest BCUT2D eigenvalue weighted by Crippen LogP contribution is 2.33. The number of aryl methyl sites for hydroxylation is 2. The smallest absolute Gasteiger partial charge is 0.0143 e. The molecule has 3 aromatic carbocycles. The standard InChI is InChI=1S/C19H20/c1-12(2)15-9-10-18-13(3)16-7-5-6-8-17(16)14(4)19(18)11-15/h5-12H,1-4H3. The maximum atomic E-state index is 2.37. The first kappa shape index (κ1) is 12.2. The van der Waals surface area contributed by atoms with E-state index in [1.165, 1.54) is 38.2 Å². The third-order valence-corrected chi connectivity index (χ3v) is 4.25. The Morgan fingerprint density at radius 1 is 0.684 bits per heavy atom. The van der Waals surface area contributed by atoms with E-state index in [1.807, 2.05) is 0 Å². The molecule has 0 unspecified atom stereocenters. The monoisotopic (exact) mass is 248 g/mol. The van der Waals surface area contributed by atoms with Crippen LogP contribution < -0.4 is 0 Å². The van der Waals surface area contributed by atoms with Crippen molar-refractivity contribution >= 4 is 21.5 Å². The Labute approximate surface area is 115 Å². The van der Waals surface area contributed by atoms with Crippen LogP contribution in [0.15, 0.2) is 42.5 Å². The van der Waals surface area contributed by atoms with Gasteiger partial charge in [-0.2, -0.15) is 0 Å². The van der Waals surface area contributed by atoms with Gasteiger partial charge in [0.1, 0.15) is 0 Å². The van der Waals surface area contributed by atoms with Crippen molar-refractivity contribution in [2.45, 2.75) is 33.6 Å². The van der Waals surface area contributed by atoms with Crippen LogP contribution in [0.5, 0.6) is 0 Å². The van der Waals surface area contributed by atoms with Crippen molar-refractivity contribution in [1.29, 1.82) is 0 Å². The van der Waals surface area contributed by atoms with Crippen LogP contribution in [0.2, 0.25) is 0 Å². The highest BCUT2D eigenvalue weighted by atomic mass is 14.1. The van der Waals surface area contributed by atoms with E-state index in [2.05, 4.69) is 70.2 Å². The van der Waals surface area contributed by atoms with Gasteiger partial charge in [0, 0.05) is 0 Å². The molecule has 0 atom stereocenters. The van der Waals surface area contributed by atoms with Crippen molar-refractivity contribution in [2.75, 3.05) is 0 Å². The molecule has 0 nitrogen and oxygen atoms in total. The molecule has 0 heteroatoms. The van der Waals surface area contributed by atoms with Crippen LogP contribution in [0.25, 0.3) is 21.5 Å². The van der Waals surface area contributed by atoms with Crippen molar-refractivity contribution in [2.24, 2.45) is 0 Å². The number of hydrogen-bond acceptors (Lipinski definition) is 0. The fourth-order valence-corrected chi connectivity index (χ4v) is 2.99. The van der Waals surface area contributed by atoms with Gasteiger partial charge in [0.05, 0.1) is 0 Å². The largest absolute Gasteiger partial charge is 0.0616 e. The van der Waals surface area contributed by atoms with Gasteiger partial charge in [-0.05, 0) is 58.0 Å². The minimum atomic E-state index is 0.579. The molecule has 3 rings (SSSR count). The predicted octanol–water partition coefficient (Wildman–Crippen LogP) is 5.73. The number of fused-ring (bicyclic) bond motifs is 2. The topological polar surface area (TPSA) is 0 Å². The lowest BCUT2D eigenvalue weighted by Crippen LogP contribution is -1.92. The summed E-state index contributed by atoms with van der Waals surface area (Å²) in [5.41, 5.74) is 4.22. The summed E-state index contributed by atoms with van der Waals surface area (Å²) < 4.78 is 0. The Hall–Kier alpha value is -1.82. The van der Waals surface area contributed by atoms with Gasteiger partial charge < -0.3 is 0 Å². The molecule has 0 aliphatic carbocycles. The van der Waals surface area contributed by atoms with Gasteiger partial charge in [-0.15, -0.1) is 0 Å². The third kappa shape index (κ3) is 1.83. The van der Waals surface area contributed by atoms with Gasteiger partial charge in [0.15, 0.2) is 0 Å². The molecule has 0 spiro atoms. The van der Waals surface area contributed by atoms with Crippen LogP contribution in [-0.4, -0.2) is 0 Å². The molecule has 0 fully saturated rings. The second-order valence-electron chi connectivity index (χ2n) is 5.76. The molecule has 0 N–H and O–H groups in total. The molecule has 0 aliphatic heterocycles. The van der Waals surface area contributed by atoms with Crippen molar-refractivity contribution < 1.29 is 0 Å². The van der Waals surface area contributed by atoms with Crippen molar-refractivity contribution in [3.05, 3.63) is 59.2 Å². The van der Waals surface area contributed by atoms with Crippen LogP contribution in [-0.2, 0) is 0 Å². The molecule has 0 heterocycles. The first-order valence-corrected chi connectivity index (χ1v) is 7.01. The quantitative estimate of drug-likeness (QED) is 0.482. The summed E-state index contributed by atoms with van der Waals surface area (Å²) in [6, 6.07) is 15.7. The van der Waals surface area contributed by atoms with Crippen LogP contribution in [0, 0.1) is 13.8 Å². The summed E-state index contributed by atoms with van der Waals surface area (Å²) in [5, 5.41) is 5.56. The van der Waals surface area contributed by atoms with E-state index < -0.39 is 0 Å². The lowest BCUT2D eigenvalue weighted by molar-refractivity contribution is 0.868.